The molecule has 1 aliphatic rings. The number of anilines is 2. The second-order valence-electron chi connectivity index (χ2n) is 9.47. The Morgan fingerprint density at radius 3 is 2.59 bits per heavy atom. The quantitative estimate of drug-likeness (QED) is 0.456. The van der Waals surface area contributed by atoms with E-state index in [1.165, 1.54) is 18.3 Å². The largest absolute Gasteiger partial charge is 0.497 e. The topological polar surface area (TPSA) is 103 Å². The molecule has 4 rings (SSSR count). The van der Waals surface area contributed by atoms with Gasteiger partial charge in [0.05, 0.1) is 7.11 Å². The molecule has 10 heteroatoms. The predicted octanol–water partition coefficient (Wildman–Crippen LogP) is 3.97. The summed E-state index contributed by atoms with van der Waals surface area (Å²) in [5.41, 5.74) is 2.11. The van der Waals surface area contributed by atoms with Crippen LogP contribution in [0.2, 0.25) is 0 Å². The molecule has 0 aliphatic carbocycles. The van der Waals surface area contributed by atoms with Gasteiger partial charge in [0.2, 0.25) is 11.8 Å². The fourth-order valence-electron chi connectivity index (χ4n) is 3.82. The van der Waals surface area contributed by atoms with Crippen LogP contribution in [0.3, 0.4) is 0 Å². The standard InChI is InChI=1S/C27H29FN4O5/c1-27(2,3)37-23(33)15-29-24(34)21-14-30-26(31-25(21)36-16-17-5-7-19(28)8-6-17)32-12-11-18-13-20(35-4)9-10-22(18)32/h5-10,13-14H,11-12,15-16H2,1-4H3,(H,29,34). The average molecular weight is 509 g/mol. The lowest BCUT2D eigenvalue weighted by Crippen LogP contribution is -2.35. The van der Waals surface area contributed by atoms with Crippen LogP contribution in [0.25, 0.3) is 0 Å². The number of rotatable bonds is 8. The fourth-order valence-corrected chi connectivity index (χ4v) is 3.82. The first kappa shape index (κ1) is 25.9. The van der Waals surface area contributed by atoms with Gasteiger partial charge in [-0.1, -0.05) is 12.1 Å². The number of fused-ring (bicyclic) bond motifs is 1. The van der Waals surface area contributed by atoms with Gasteiger partial charge in [0.25, 0.3) is 5.91 Å². The molecule has 0 fully saturated rings. The summed E-state index contributed by atoms with van der Waals surface area (Å²) in [6, 6.07) is 11.6. The van der Waals surface area contributed by atoms with E-state index in [0.717, 1.165) is 23.4 Å². The summed E-state index contributed by atoms with van der Waals surface area (Å²) in [5, 5.41) is 2.53. The number of methoxy groups -OCH3 is 1. The van der Waals surface area contributed by atoms with Gasteiger partial charge in [-0.15, -0.1) is 0 Å². The van der Waals surface area contributed by atoms with Crippen LogP contribution in [0.5, 0.6) is 11.6 Å². The molecule has 0 saturated heterocycles. The SMILES string of the molecule is COc1ccc2c(c1)CCN2c1ncc(C(=O)NCC(=O)OC(C)(C)C)c(OCc2ccc(F)cc2)n1. The molecule has 194 valence electrons. The highest BCUT2D eigenvalue weighted by molar-refractivity contribution is 5.97. The Hall–Kier alpha value is -4.21. The van der Waals surface area contributed by atoms with E-state index in [4.69, 9.17) is 14.2 Å². The van der Waals surface area contributed by atoms with E-state index in [9.17, 15) is 14.0 Å². The number of nitrogens with zero attached hydrogens (tertiary/aromatic N) is 3. The summed E-state index contributed by atoms with van der Waals surface area (Å²) in [7, 11) is 1.62. The number of esters is 1. The van der Waals surface area contributed by atoms with Crippen LogP contribution < -0.4 is 19.7 Å². The van der Waals surface area contributed by atoms with Gasteiger partial charge in [-0.25, -0.2) is 9.37 Å². The highest BCUT2D eigenvalue weighted by atomic mass is 19.1. The van der Waals surface area contributed by atoms with Crippen LogP contribution >= 0.6 is 0 Å². The number of halogens is 1. The Morgan fingerprint density at radius 2 is 1.89 bits per heavy atom. The van der Waals surface area contributed by atoms with Crippen molar-refractivity contribution < 1.29 is 28.2 Å². The van der Waals surface area contributed by atoms with Crippen molar-refractivity contribution in [2.45, 2.75) is 39.4 Å². The molecule has 1 amide bonds. The summed E-state index contributed by atoms with van der Waals surface area (Å²) in [5.74, 6) is -0.351. The monoisotopic (exact) mass is 508 g/mol. The molecule has 1 aromatic heterocycles. The first-order valence-corrected chi connectivity index (χ1v) is 11.8. The third-order valence-electron chi connectivity index (χ3n) is 5.51. The maximum absolute atomic E-state index is 13.3. The van der Waals surface area contributed by atoms with Gasteiger partial charge < -0.3 is 24.4 Å². The van der Waals surface area contributed by atoms with Crippen molar-refractivity contribution in [2.24, 2.45) is 0 Å². The lowest BCUT2D eigenvalue weighted by Gasteiger charge is -2.20. The second kappa shape index (κ2) is 10.8. The summed E-state index contributed by atoms with van der Waals surface area (Å²) in [4.78, 5) is 35.9. The Balaban J connectivity index is 1.58. The van der Waals surface area contributed by atoms with E-state index < -0.39 is 17.5 Å². The maximum atomic E-state index is 13.3. The van der Waals surface area contributed by atoms with Crippen LogP contribution in [-0.4, -0.2) is 47.6 Å². The Kier molecular flexibility index (Phi) is 7.56. The third-order valence-corrected chi connectivity index (χ3v) is 5.51. The van der Waals surface area contributed by atoms with E-state index in [1.54, 1.807) is 40.0 Å². The van der Waals surface area contributed by atoms with Crippen LogP contribution in [0.4, 0.5) is 16.0 Å². The zero-order valence-corrected chi connectivity index (χ0v) is 21.2. The molecular weight excluding hydrogens is 479 g/mol. The van der Waals surface area contributed by atoms with Crippen LogP contribution in [0.1, 0.15) is 42.3 Å². The lowest BCUT2D eigenvalue weighted by molar-refractivity contribution is -0.153. The van der Waals surface area contributed by atoms with E-state index in [0.29, 0.717) is 18.1 Å². The number of hydrogen-bond acceptors (Lipinski definition) is 8. The lowest BCUT2D eigenvalue weighted by atomic mass is 10.1. The van der Waals surface area contributed by atoms with Crippen molar-refractivity contribution in [3.63, 3.8) is 0 Å². The molecule has 2 heterocycles. The Labute approximate surface area is 214 Å². The number of amides is 1. The number of ether oxygens (including phenoxy) is 3. The highest BCUT2D eigenvalue weighted by Crippen LogP contribution is 2.35. The average Bonchev–Trinajstić information content (AvgIpc) is 3.29. The first-order valence-electron chi connectivity index (χ1n) is 11.8. The van der Waals surface area contributed by atoms with Crippen molar-refractivity contribution in [1.29, 1.82) is 0 Å². The normalized spacial score (nSPS) is 12.6. The van der Waals surface area contributed by atoms with Gasteiger partial charge in [-0.2, -0.15) is 4.98 Å². The number of carbonyl (C=O) groups excluding carboxylic acids is 2. The fraction of sp³-hybridized carbons (Fsp3) is 0.333. The maximum Gasteiger partial charge on any atom is 0.325 e. The van der Waals surface area contributed by atoms with Crippen molar-refractivity contribution in [3.8, 4) is 11.6 Å². The molecule has 9 nitrogen and oxygen atoms in total. The van der Waals surface area contributed by atoms with E-state index in [-0.39, 0.29) is 30.4 Å². The van der Waals surface area contributed by atoms with Gasteiger partial charge >= 0.3 is 5.97 Å². The number of aromatic nitrogens is 2. The molecule has 0 saturated carbocycles. The van der Waals surface area contributed by atoms with Crippen molar-refractivity contribution in [2.75, 3.05) is 25.1 Å². The van der Waals surface area contributed by atoms with Crippen molar-refractivity contribution in [3.05, 3.63) is 71.2 Å². The van der Waals surface area contributed by atoms with Crippen LogP contribution in [0.15, 0.2) is 48.7 Å². The minimum atomic E-state index is -0.675. The summed E-state index contributed by atoms with van der Waals surface area (Å²) in [6.07, 6.45) is 2.15. The molecule has 0 radical (unpaired) electrons. The number of nitrogens with one attached hydrogen (secondary N) is 1. The molecule has 37 heavy (non-hydrogen) atoms. The Bertz CT molecular complexity index is 1290. The van der Waals surface area contributed by atoms with E-state index in [1.807, 2.05) is 23.1 Å². The zero-order chi connectivity index (χ0) is 26.6. The van der Waals surface area contributed by atoms with Gasteiger partial charge in [0.1, 0.15) is 35.9 Å². The van der Waals surface area contributed by atoms with E-state index >= 15 is 0 Å². The summed E-state index contributed by atoms with van der Waals surface area (Å²) < 4.78 is 29.8. The van der Waals surface area contributed by atoms with Crippen LogP contribution in [0, 0.1) is 5.82 Å². The highest BCUT2D eigenvalue weighted by Gasteiger charge is 2.26. The molecule has 2 aromatic carbocycles. The van der Waals surface area contributed by atoms with E-state index in [2.05, 4.69) is 15.3 Å². The molecule has 1 aliphatic heterocycles. The third kappa shape index (κ3) is 6.52. The van der Waals surface area contributed by atoms with Gasteiger partial charge in [-0.3, -0.25) is 9.59 Å². The molecular formula is C27H29FN4O5. The molecule has 0 atom stereocenters. The number of carbonyl (C=O) groups is 2. The number of benzene rings is 2. The first-order chi connectivity index (χ1) is 17.6. The smallest absolute Gasteiger partial charge is 0.325 e. The molecule has 0 unspecified atom stereocenters. The summed E-state index contributed by atoms with van der Waals surface area (Å²) >= 11 is 0. The molecule has 0 spiro atoms. The zero-order valence-electron chi connectivity index (χ0n) is 21.2. The van der Waals surface area contributed by atoms with Crippen molar-refractivity contribution in [1.82, 2.24) is 15.3 Å². The van der Waals surface area contributed by atoms with Crippen molar-refractivity contribution >= 4 is 23.5 Å². The molecule has 1 N–H and O–H groups in total. The molecule has 0 bridgehead atoms. The second-order valence-corrected chi connectivity index (χ2v) is 9.47. The minimum Gasteiger partial charge on any atom is -0.497 e. The predicted molar refractivity (Wildman–Crippen MR) is 135 cm³/mol. The molecule has 3 aromatic rings. The van der Waals surface area contributed by atoms with Crippen LogP contribution in [-0.2, 0) is 22.6 Å². The summed E-state index contributed by atoms with van der Waals surface area (Å²) in [6.45, 7) is 5.60. The van der Waals surface area contributed by atoms with Gasteiger partial charge in [0.15, 0.2) is 0 Å². The van der Waals surface area contributed by atoms with Gasteiger partial charge in [0, 0.05) is 18.4 Å². The minimum absolute atomic E-state index is 0.0398. The van der Waals surface area contributed by atoms with Gasteiger partial charge in [-0.05, 0) is 68.7 Å². The number of hydrogen-bond donors (Lipinski definition) is 1. The Morgan fingerprint density at radius 1 is 1.14 bits per heavy atom.